The number of nitrogens with two attached hydrogens (primary N) is 1. The summed E-state index contributed by atoms with van der Waals surface area (Å²) in [6, 6.07) is 7.60. The Kier molecular flexibility index (Phi) is 4.85. The van der Waals surface area contributed by atoms with Gasteiger partial charge in [-0.3, -0.25) is 4.79 Å². The van der Waals surface area contributed by atoms with Crippen LogP contribution < -0.4 is 10.5 Å². The average Bonchev–Trinajstić information content (AvgIpc) is 2.45. The van der Waals surface area contributed by atoms with E-state index in [4.69, 9.17) is 15.2 Å². The summed E-state index contributed by atoms with van der Waals surface area (Å²) >= 11 is 0. The number of rotatable bonds is 4. The summed E-state index contributed by atoms with van der Waals surface area (Å²) in [5.74, 6) is 0.862. The molecular formula is C16H24N2O3. The molecule has 1 aromatic carbocycles. The molecule has 1 unspecified atom stereocenters. The average molecular weight is 292 g/mol. The van der Waals surface area contributed by atoms with E-state index in [0.717, 1.165) is 11.3 Å². The number of carbonyl (C=O) groups is 1. The molecule has 1 aliphatic heterocycles. The van der Waals surface area contributed by atoms with E-state index in [1.807, 2.05) is 43.0 Å². The molecule has 0 bridgehead atoms. The Morgan fingerprint density at radius 3 is 2.95 bits per heavy atom. The van der Waals surface area contributed by atoms with Crippen LogP contribution in [0.5, 0.6) is 5.75 Å². The molecule has 1 atom stereocenters. The van der Waals surface area contributed by atoms with E-state index >= 15 is 0 Å². The molecule has 0 aromatic heterocycles. The van der Waals surface area contributed by atoms with Gasteiger partial charge in [-0.1, -0.05) is 12.1 Å². The van der Waals surface area contributed by atoms with Crippen LogP contribution in [0.25, 0.3) is 0 Å². The third-order valence-corrected chi connectivity index (χ3v) is 3.59. The third kappa shape index (κ3) is 4.19. The van der Waals surface area contributed by atoms with Gasteiger partial charge in [0, 0.05) is 19.6 Å². The second kappa shape index (κ2) is 6.45. The van der Waals surface area contributed by atoms with Crippen molar-refractivity contribution in [2.24, 2.45) is 5.73 Å². The lowest BCUT2D eigenvalue weighted by Crippen LogP contribution is -2.56. The minimum Gasteiger partial charge on any atom is -0.497 e. The molecule has 116 valence electrons. The first-order valence-corrected chi connectivity index (χ1v) is 7.22. The smallest absolute Gasteiger partial charge is 0.227 e. The minimum absolute atomic E-state index is 0.0944. The standard InChI is InChI=1S/C16H24N2O3/c1-16(2)11-18(10-14(9-17)21-16)15(19)8-12-5-4-6-13(7-12)20-3/h4-7,14H,8-11,17H2,1-3H3. The number of methoxy groups -OCH3 is 1. The van der Waals surface area contributed by atoms with Crippen molar-refractivity contribution < 1.29 is 14.3 Å². The molecule has 5 heteroatoms. The summed E-state index contributed by atoms with van der Waals surface area (Å²) in [6.45, 7) is 5.54. The zero-order valence-electron chi connectivity index (χ0n) is 13.0. The fourth-order valence-corrected chi connectivity index (χ4v) is 2.68. The van der Waals surface area contributed by atoms with Gasteiger partial charge in [0.15, 0.2) is 0 Å². The molecule has 0 radical (unpaired) electrons. The second-order valence-electron chi connectivity index (χ2n) is 6.04. The van der Waals surface area contributed by atoms with Crippen LogP contribution in [0.2, 0.25) is 0 Å². The van der Waals surface area contributed by atoms with E-state index in [1.54, 1.807) is 7.11 Å². The normalized spacial score (nSPS) is 21.1. The molecule has 1 heterocycles. The first-order chi connectivity index (χ1) is 9.93. The van der Waals surface area contributed by atoms with Crippen molar-refractivity contribution in [3.63, 3.8) is 0 Å². The van der Waals surface area contributed by atoms with Gasteiger partial charge in [-0.05, 0) is 31.5 Å². The Morgan fingerprint density at radius 2 is 2.29 bits per heavy atom. The summed E-state index contributed by atoms with van der Waals surface area (Å²) in [6.07, 6.45) is 0.271. The van der Waals surface area contributed by atoms with Gasteiger partial charge in [0.25, 0.3) is 0 Å². The molecule has 21 heavy (non-hydrogen) atoms. The highest BCUT2D eigenvalue weighted by molar-refractivity contribution is 5.79. The van der Waals surface area contributed by atoms with Crippen LogP contribution in [0, 0.1) is 0 Å². The van der Waals surface area contributed by atoms with Crippen LogP contribution in [0.15, 0.2) is 24.3 Å². The number of nitrogens with zero attached hydrogens (tertiary/aromatic N) is 1. The molecule has 1 aliphatic rings. The van der Waals surface area contributed by atoms with Crippen molar-refractivity contribution in [3.8, 4) is 5.75 Å². The van der Waals surface area contributed by atoms with Crippen LogP contribution in [-0.4, -0.2) is 49.3 Å². The van der Waals surface area contributed by atoms with Crippen molar-refractivity contribution >= 4 is 5.91 Å². The number of ether oxygens (including phenoxy) is 2. The molecule has 2 N–H and O–H groups in total. The zero-order valence-corrected chi connectivity index (χ0v) is 13.0. The van der Waals surface area contributed by atoms with Gasteiger partial charge >= 0.3 is 0 Å². The number of carbonyl (C=O) groups excluding carboxylic acids is 1. The first-order valence-electron chi connectivity index (χ1n) is 7.22. The maximum absolute atomic E-state index is 12.5. The fraction of sp³-hybridized carbons (Fsp3) is 0.562. The lowest BCUT2D eigenvalue weighted by molar-refractivity contribution is -0.158. The summed E-state index contributed by atoms with van der Waals surface area (Å²) in [7, 11) is 1.62. The number of hydrogen-bond donors (Lipinski definition) is 1. The van der Waals surface area contributed by atoms with Gasteiger partial charge in [-0.15, -0.1) is 0 Å². The van der Waals surface area contributed by atoms with E-state index in [0.29, 0.717) is 26.1 Å². The quantitative estimate of drug-likeness (QED) is 0.906. The molecule has 0 aliphatic carbocycles. The summed E-state index contributed by atoms with van der Waals surface area (Å²) in [5.41, 5.74) is 6.29. The molecule has 0 spiro atoms. The highest BCUT2D eigenvalue weighted by Crippen LogP contribution is 2.22. The van der Waals surface area contributed by atoms with Gasteiger partial charge in [0.1, 0.15) is 5.75 Å². The van der Waals surface area contributed by atoms with Gasteiger partial charge < -0.3 is 20.1 Å². The summed E-state index contributed by atoms with van der Waals surface area (Å²) in [4.78, 5) is 14.4. The molecule has 1 fully saturated rings. The van der Waals surface area contributed by atoms with Crippen molar-refractivity contribution in [1.82, 2.24) is 4.90 Å². The Hall–Kier alpha value is -1.59. The van der Waals surface area contributed by atoms with Gasteiger partial charge in [-0.25, -0.2) is 0 Å². The molecular weight excluding hydrogens is 268 g/mol. The molecule has 1 amide bonds. The Labute approximate surface area is 126 Å². The van der Waals surface area contributed by atoms with E-state index in [-0.39, 0.29) is 17.6 Å². The van der Waals surface area contributed by atoms with Crippen molar-refractivity contribution in [1.29, 1.82) is 0 Å². The highest BCUT2D eigenvalue weighted by Gasteiger charge is 2.34. The second-order valence-corrected chi connectivity index (χ2v) is 6.04. The Morgan fingerprint density at radius 1 is 1.52 bits per heavy atom. The first kappa shape index (κ1) is 15.8. The number of morpholine rings is 1. The van der Waals surface area contributed by atoms with Crippen LogP contribution in [0.3, 0.4) is 0 Å². The zero-order chi connectivity index (χ0) is 15.5. The third-order valence-electron chi connectivity index (χ3n) is 3.59. The van der Waals surface area contributed by atoms with Crippen molar-refractivity contribution in [2.75, 3.05) is 26.7 Å². The van der Waals surface area contributed by atoms with Crippen LogP contribution in [0.4, 0.5) is 0 Å². The monoisotopic (exact) mass is 292 g/mol. The molecule has 1 saturated heterocycles. The van der Waals surface area contributed by atoms with Crippen LogP contribution in [0.1, 0.15) is 19.4 Å². The molecule has 2 rings (SSSR count). The number of amides is 1. The molecule has 5 nitrogen and oxygen atoms in total. The van der Waals surface area contributed by atoms with E-state index in [9.17, 15) is 4.79 Å². The minimum atomic E-state index is -0.355. The largest absolute Gasteiger partial charge is 0.497 e. The number of benzene rings is 1. The summed E-state index contributed by atoms with van der Waals surface area (Å²) in [5, 5.41) is 0. The molecule has 0 saturated carbocycles. The summed E-state index contributed by atoms with van der Waals surface area (Å²) < 4.78 is 11.0. The lowest BCUT2D eigenvalue weighted by atomic mass is 10.0. The molecule has 1 aromatic rings. The van der Waals surface area contributed by atoms with E-state index in [1.165, 1.54) is 0 Å². The predicted molar refractivity (Wildman–Crippen MR) is 81.3 cm³/mol. The highest BCUT2D eigenvalue weighted by atomic mass is 16.5. The predicted octanol–water partition coefficient (Wildman–Crippen LogP) is 1.20. The van der Waals surface area contributed by atoms with Gasteiger partial charge in [0.2, 0.25) is 5.91 Å². The van der Waals surface area contributed by atoms with Crippen molar-refractivity contribution in [3.05, 3.63) is 29.8 Å². The Bertz CT molecular complexity index is 502. The lowest BCUT2D eigenvalue weighted by Gasteiger charge is -2.42. The maximum atomic E-state index is 12.5. The van der Waals surface area contributed by atoms with Crippen LogP contribution >= 0.6 is 0 Å². The van der Waals surface area contributed by atoms with E-state index < -0.39 is 0 Å². The Balaban J connectivity index is 2.05. The maximum Gasteiger partial charge on any atom is 0.227 e. The van der Waals surface area contributed by atoms with Crippen molar-refractivity contribution in [2.45, 2.75) is 32.0 Å². The van der Waals surface area contributed by atoms with Gasteiger partial charge in [0.05, 0.1) is 25.2 Å². The number of hydrogen-bond acceptors (Lipinski definition) is 4. The topological polar surface area (TPSA) is 64.8 Å². The SMILES string of the molecule is COc1cccc(CC(=O)N2CC(CN)OC(C)(C)C2)c1. The van der Waals surface area contributed by atoms with Crippen LogP contribution in [-0.2, 0) is 16.0 Å². The fourth-order valence-electron chi connectivity index (χ4n) is 2.68. The van der Waals surface area contributed by atoms with Gasteiger partial charge in [-0.2, -0.15) is 0 Å². The van der Waals surface area contributed by atoms with E-state index in [2.05, 4.69) is 0 Å².